The van der Waals surface area contributed by atoms with Crippen LogP contribution in [-0.2, 0) is 6.54 Å². The van der Waals surface area contributed by atoms with Crippen LogP contribution in [0.3, 0.4) is 0 Å². The Labute approximate surface area is 126 Å². The van der Waals surface area contributed by atoms with Gasteiger partial charge in [0.15, 0.2) is 0 Å². The molecule has 0 aliphatic rings. The minimum atomic E-state index is 0.0488. The van der Waals surface area contributed by atoms with E-state index in [-0.39, 0.29) is 5.54 Å². The van der Waals surface area contributed by atoms with Crippen LogP contribution >= 0.6 is 0 Å². The van der Waals surface area contributed by atoms with Crippen LogP contribution in [0.5, 0.6) is 17.4 Å². The molecule has 2 aromatic rings. The van der Waals surface area contributed by atoms with Gasteiger partial charge in [-0.05, 0) is 51.1 Å². The number of methoxy groups -OCH3 is 1. The molecule has 4 nitrogen and oxygen atoms in total. The molecule has 0 radical (unpaired) electrons. The van der Waals surface area contributed by atoms with Gasteiger partial charge >= 0.3 is 0 Å². The largest absolute Gasteiger partial charge is 0.497 e. The van der Waals surface area contributed by atoms with E-state index in [4.69, 9.17) is 9.47 Å². The molecule has 0 spiro atoms. The van der Waals surface area contributed by atoms with Gasteiger partial charge < -0.3 is 14.8 Å². The molecular weight excluding hydrogens is 264 g/mol. The Hall–Kier alpha value is -2.07. The summed E-state index contributed by atoms with van der Waals surface area (Å²) in [5.74, 6) is 2.17. The van der Waals surface area contributed by atoms with Crippen molar-refractivity contribution in [1.82, 2.24) is 10.3 Å². The van der Waals surface area contributed by atoms with E-state index in [1.54, 1.807) is 13.3 Å². The number of nitrogens with zero attached hydrogens (tertiary/aromatic N) is 1. The fourth-order valence-corrected chi connectivity index (χ4v) is 1.77. The topological polar surface area (TPSA) is 43.4 Å². The molecule has 0 fully saturated rings. The molecule has 112 valence electrons. The summed E-state index contributed by atoms with van der Waals surface area (Å²) in [5, 5.41) is 3.44. The fourth-order valence-electron chi connectivity index (χ4n) is 1.77. The van der Waals surface area contributed by atoms with E-state index in [0.717, 1.165) is 17.1 Å². The Bertz CT molecular complexity index is 574. The van der Waals surface area contributed by atoms with Crippen LogP contribution in [0.4, 0.5) is 0 Å². The number of hydrogen-bond donors (Lipinski definition) is 1. The summed E-state index contributed by atoms with van der Waals surface area (Å²) in [6.45, 7) is 7.11. The quantitative estimate of drug-likeness (QED) is 0.908. The van der Waals surface area contributed by atoms with Crippen LogP contribution in [0.1, 0.15) is 26.3 Å². The zero-order chi connectivity index (χ0) is 15.3. The van der Waals surface area contributed by atoms with Crippen LogP contribution in [0.25, 0.3) is 0 Å². The van der Waals surface area contributed by atoms with Gasteiger partial charge in [-0.2, -0.15) is 0 Å². The molecule has 0 bridgehead atoms. The molecule has 0 amide bonds. The third-order valence-corrected chi connectivity index (χ3v) is 2.93. The molecule has 0 atom stereocenters. The molecule has 0 aliphatic heterocycles. The molecule has 0 saturated carbocycles. The average molecular weight is 286 g/mol. The lowest BCUT2D eigenvalue weighted by Crippen LogP contribution is -2.35. The van der Waals surface area contributed by atoms with E-state index < -0.39 is 0 Å². The van der Waals surface area contributed by atoms with Crippen LogP contribution < -0.4 is 14.8 Å². The molecule has 1 N–H and O–H groups in total. The molecule has 0 saturated heterocycles. The van der Waals surface area contributed by atoms with Crippen LogP contribution in [0, 0.1) is 0 Å². The highest BCUT2D eigenvalue weighted by molar-refractivity contribution is 5.35. The number of benzene rings is 1. The fraction of sp³-hybridized carbons (Fsp3) is 0.353. The maximum atomic E-state index is 5.87. The number of nitrogens with one attached hydrogen (secondary N) is 1. The summed E-state index contributed by atoms with van der Waals surface area (Å²) in [5.41, 5.74) is 1.08. The number of pyridine rings is 1. The van der Waals surface area contributed by atoms with Crippen molar-refractivity contribution in [2.45, 2.75) is 32.9 Å². The van der Waals surface area contributed by atoms with Gasteiger partial charge in [0.1, 0.15) is 11.5 Å². The van der Waals surface area contributed by atoms with E-state index >= 15 is 0 Å². The molecular formula is C17H22N2O2. The minimum Gasteiger partial charge on any atom is -0.497 e. The second kappa shape index (κ2) is 6.59. The number of aromatic nitrogens is 1. The van der Waals surface area contributed by atoms with Gasteiger partial charge in [0.2, 0.25) is 5.88 Å². The molecule has 0 unspecified atom stereocenters. The zero-order valence-corrected chi connectivity index (χ0v) is 13.0. The molecule has 1 heterocycles. The van der Waals surface area contributed by atoms with Crippen LogP contribution in [0.15, 0.2) is 42.6 Å². The number of rotatable bonds is 5. The van der Waals surface area contributed by atoms with Gasteiger partial charge in [0, 0.05) is 23.8 Å². The van der Waals surface area contributed by atoms with Gasteiger partial charge in [0.05, 0.1) is 7.11 Å². The van der Waals surface area contributed by atoms with Gasteiger partial charge in [-0.15, -0.1) is 0 Å². The van der Waals surface area contributed by atoms with Crippen molar-refractivity contribution >= 4 is 0 Å². The second-order valence-electron chi connectivity index (χ2n) is 5.85. The monoisotopic (exact) mass is 286 g/mol. The maximum Gasteiger partial charge on any atom is 0.223 e. The Morgan fingerprint density at radius 3 is 2.33 bits per heavy atom. The molecule has 4 heteroatoms. The first-order valence-corrected chi connectivity index (χ1v) is 6.99. The van der Waals surface area contributed by atoms with Gasteiger partial charge in [-0.25, -0.2) is 4.98 Å². The van der Waals surface area contributed by atoms with Gasteiger partial charge in [0.25, 0.3) is 0 Å². The van der Waals surface area contributed by atoms with Crippen LogP contribution in [0.2, 0.25) is 0 Å². The highest BCUT2D eigenvalue weighted by Gasteiger charge is 2.12. The first-order valence-electron chi connectivity index (χ1n) is 6.99. The summed E-state index contributed by atoms with van der Waals surface area (Å²) in [4.78, 5) is 4.32. The maximum absolute atomic E-state index is 5.87. The third-order valence-electron chi connectivity index (χ3n) is 2.93. The predicted molar refractivity (Wildman–Crippen MR) is 83.9 cm³/mol. The molecule has 2 rings (SSSR count). The van der Waals surface area contributed by atoms with Gasteiger partial charge in [-0.1, -0.05) is 6.07 Å². The van der Waals surface area contributed by atoms with Crippen molar-refractivity contribution in [3.05, 3.63) is 48.2 Å². The first kappa shape index (κ1) is 15.3. The lowest BCUT2D eigenvalue weighted by Gasteiger charge is -2.21. The Morgan fingerprint density at radius 2 is 1.71 bits per heavy atom. The number of hydrogen-bond acceptors (Lipinski definition) is 4. The molecule has 1 aromatic heterocycles. The SMILES string of the molecule is COc1ccc(Oc2ncccc2CNC(C)(C)C)cc1. The van der Waals surface area contributed by atoms with Crippen molar-refractivity contribution in [2.24, 2.45) is 0 Å². The van der Waals surface area contributed by atoms with E-state index in [2.05, 4.69) is 31.1 Å². The predicted octanol–water partition coefficient (Wildman–Crippen LogP) is 3.77. The zero-order valence-electron chi connectivity index (χ0n) is 13.0. The van der Waals surface area contributed by atoms with E-state index in [0.29, 0.717) is 12.4 Å². The molecule has 1 aromatic carbocycles. The van der Waals surface area contributed by atoms with E-state index in [9.17, 15) is 0 Å². The lowest BCUT2D eigenvalue weighted by atomic mass is 10.1. The van der Waals surface area contributed by atoms with Gasteiger partial charge in [-0.3, -0.25) is 0 Å². The van der Waals surface area contributed by atoms with Crippen molar-refractivity contribution < 1.29 is 9.47 Å². The van der Waals surface area contributed by atoms with Crippen molar-refractivity contribution in [3.8, 4) is 17.4 Å². The smallest absolute Gasteiger partial charge is 0.223 e. The van der Waals surface area contributed by atoms with Crippen molar-refractivity contribution in [2.75, 3.05) is 7.11 Å². The summed E-state index contributed by atoms with van der Waals surface area (Å²) in [6.07, 6.45) is 1.74. The minimum absolute atomic E-state index is 0.0488. The standard InChI is InChI=1S/C17H22N2O2/c1-17(2,3)19-12-13-6-5-11-18-16(13)21-15-9-7-14(20-4)8-10-15/h5-11,19H,12H2,1-4H3. The average Bonchev–Trinajstić information content (AvgIpc) is 2.46. The Kier molecular flexibility index (Phi) is 4.81. The van der Waals surface area contributed by atoms with Crippen molar-refractivity contribution in [3.63, 3.8) is 0 Å². The second-order valence-corrected chi connectivity index (χ2v) is 5.85. The Balaban J connectivity index is 2.11. The first-order chi connectivity index (χ1) is 9.98. The highest BCUT2D eigenvalue weighted by atomic mass is 16.5. The summed E-state index contributed by atoms with van der Waals surface area (Å²) in [7, 11) is 1.64. The number of ether oxygens (including phenoxy) is 2. The third kappa shape index (κ3) is 4.76. The normalized spacial score (nSPS) is 11.2. The van der Waals surface area contributed by atoms with Crippen molar-refractivity contribution in [1.29, 1.82) is 0 Å². The molecule has 21 heavy (non-hydrogen) atoms. The molecule has 0 aliphatic carbocycles. The summed E-state index contributed by atoms with van der Waals surface area (Å²) in [6, 6.07) is 11.4. The van der Waals surface area contributed by atoms with E-state index in [1.165, 1.54) is 0 Å². The van der Waals surface area contributed by atoms with E-state index in [1.807, 2.05) is 36.4 Å². The van der Waals surface area contributed by atoms with Crippen LogP contribution in [-0.4, -0.2) is 17.6 Å². The summed E-state index contributed by atoms with van der Waals surface area (Å²) < 4.78 is 11.0. The Morgan fingerprint density at radius 1 is 1.05 bits per heavy atom. The highest BCUT2D eigenvalue weighted by Crippen LogP contribution is 2.25. The lowest BCUT2D eigenvalue weighted by molar-refractivity contribution is 0.405. The summed E-state index contributed by atoms with van der Waals surface area (Å²) >= 11 is 0.